The summed E-state index contributed by atoms with van der Waals surface area (Å²) in [7, 11) is 1.82. The van der Waals surface area contributed by atoms with Crippen LogP contribution in [0.5, 0.6) is 0 Å². The van der Waals surface area contributed by atoms with Gasteiger partial charge in [-0.05, 0) is 31.0 Å². The first-order valence-corrected chi connectivity index (χ1v) is 5.49. The molecule has 0 N–H and O–H groups in total. The normalized spacial score (nSPS) is 18.1. The van der Waals surface area contributed by atoms with Crippen LogP contribution in [0.4, 0.5) is 5.69 Å². The average Bonchev–Trinajstić information content (AvgIpc) is 2.40. The van der Waals surface area contributed by atoms with Crippen molar-refractivity contribution in [1.29, 1.82) is 0 Å². The summed E-state index contributed by atoms with van der Waals surface area (Å²) in [5, 5.41) is 0. The van der Waals surface area contributed by atoms with E-state index in [1.807, 2.05) is 39.1 Å². The van der Waals surface area contributed by atoms with Crippen LogP contribution in [0.2, 0.25) is 0 Å². The van der Waals surface area contributed by atoms with E-state index in [1.54, 1.807) is 4.90 Å². The highest BCUT2D eigenvalue weighted by atomic mass is 35.5. The smallest absolute Gasteiger partial charge is 0.236 e. The quantitative estimate of drug-likeness (QED) is 0.671. The molecule has 0 spiro atoms. The van der Waals surface area contributed by atoms with Crippen molar-refractivity contribution >= 4 is 23.2 Å². The summed E-state index contributed by atoms with van der Waals surface area (Å²) in [6, 6.07) is 5.97. The molecule has 2 nitrogen and oxygen atoms in total. The van der Waals surface area contributed by atoms with Crippen LogP contribution in [0, 0.1) is 0 Å². The third-order valence-electron chi connectivity index (χ3n) is 3.09. The van der Waals surface area contributed by atoms with Gasteiger partial charge in [0.2, 0.25) is 5.91 Å². The maximum Gasteiger partial charge on any atom is 0.236 e. The van der Waals surface area contributed by atoms with Crippen molar-refractivity contribution < 1.29 is 4.79 Å². The Morgan fingerprint density at radius 3 is 2.67 bits per heavy atom. The number of amides is 1. The maximum atomic E-state index is 12.0. The molecular weight excluding hydrogens is 210 g/mol. The Bertz CT molecular complexity index is 426. The van der Waals surface area contributed by atoms with Crippen LogP contribution in [0.1, 0.15) is 25.0 Å². The number of benzene rings is 1. The summed E-state index contributed by atoms with van der Waals surface area (Å²) in [6.07, 6.45) is 0. The Balaban J connectivity index is 2.62. The summed E-state index contributed by atoms with van der Waals surface area (Å²) < 4.78 is 0. The SMILES string of the molecule is CN1C(=O)C(C)(C)c2cc(CCl)ccc21. The third-order valence-corrected chi connectivity index (χ3v) is 3.40. The van der Waals surface area contributed by atoms with Crippen molar-refractivity contribution in [2.45, 2.75) is 25.1 Å². The minimum absolute atomic E-state index is 0.143. The van der Waals surface area contributed by atoms with E-state index in [-0.39, 0.29) is 5.91 Å². The molecule has 1 aromatic rings. The molecule has 0 saturated heterocycles. The first kappa shape index (κ1) is 10.5. The van der Waals surface area contributed by atoms with Gasteiger partial charge in [0.1, 0.15) is 0 Å². The summed E-state index contributed by atoms with van der Waals surface area (Å²) >= 11 is 5.80. The Morgan fingerprint density at radius 2 is 2.07 bits per heavy atom. The fourth-order valence-electron chi connectivity index (χ4n) is 2.10. The lowest BCUT2D eigenvalue weighted by Gasteiger charge is -2.16. The molecule has 15 heavy (non-hydrogen) atoms. The second kappa shape index (κ2) is 3.24. The van der Waals surface area contributed by atoms with E-state index in [0.29, 0.717) is 5.88 Å². The molecule has 1 heterocycles. The molecule has 0 unspecified atom stereocenters. The van der Waals surface area contributed by atoms with Crippen LogP contribution in [-0.2, 0) is 16.1 Å². The first-order chi connectivity index (χ1) is 6.98. The van der Waals surface area contributed by atoms with Crippen molar-refractivity contribution in [3.05, 3.63) is 29.3 Å². The molecule has 0 aliphatic carbocycles. The largest absolute Gasteiger partial charge is 0.314 e. The highest BCUT2D eigenvalue weighted by Crippen LogP contribution is 2.41. The van der Waals surface area contributed by atoms with Crippen molar-refractivity contribution in [3.8, 4) is 0 Å². The zero-order valence-corrected chi connectivity index (χ0v) is 9.93. The van der Waals surface area contributed by atoms with E-state index in [0.717, 1.165) is 16.8 Å². The van der Waals surface area contributed by atoms with Crippen LogP contribution < -0.4 is 4.90 Å². The number of carbonyl (C=O) groups excluding carboxylic acids is 1. The molecule has 1 aromatic carbocycles. The van der Waals surface area contributed by atoms with Crippen molar-refractivity contribution in [2.24, 2.45) is 0 Å². The van der Waals surface area contributed by atoms with Crippen LogP contribution in [0.3, 0.4) is 0 Å². The molecule has 1 aliphatic rings. The fourth-order valence-corrected chi connectivity index (χ4v) is 2.27. The Labute approximate surface area is 94.8 Å². The van der Waals surface area contributed by atoms with Gasteiger partial charge in [0.15, 0.2) is 0 Å². The number of fused-ring (bicyclic) bond motifs is 1. The van der Waals surface area contributed by atoms with Crippen LogP contribution >= 0.6 is 11.6 Å². The lowest BCUT2D eigenvalue weighted by Crippen LogP contribution is -2.33. The number of carbonyl (C=O) groups is 1. The number of hydrogen-bond acceptors (Lipinski definition) is 1. The summed E-state index contributed by atoms with van der Waals surface area (Å²) in [5.41, 5.74) is 2.71. The molecule has 0 fully saturated rings. The topological polar surface area (TPSA) is 20.3 Å². The van der Waals surface area contributed by atoms with Gasteiger partial charge < -0.3 is 4.90 Å². The number of anilines is 1. The van der Waals surface area contributed by atoms with Crippen LogP contribution in [0.25, 0.3) is 0 Å². The van der Waals surface area contributed by atoms with Gasteiger partial charge in [0, 0.05) is 18.6 Å². The molecule has 80 valence electrons. The monoisotopic (exact) mass is 223 g/mol. The van der Waals surface area contributed by atoms with Crippen molar-refractivity contribution in [2.75, 3.05) is 11.9 Å². The Morgan fingerprint density at radius 1 is 1.40 bits per heavy atom. The number of nitrogens with zero attached hydrogens (tertiary/aromatic N) is 1. The lowest BCUT2D eigenvalue weighted by molar-refractivity contribution is -0.121. The number of halogens is 1. The predicted octanol–water partition coefficient (Wildman–Crippen LogP) is 2.68. The molecule has 1 amide bonds. The minimum Gasteiger partial charge on any atom is -0.314 e. The minimum atomic E-state index is -0.424. The molecule has 3 heteroatoms. The third kappa shape index (κ3) is 1.36. The van der Waals surface area contributed by atoms with E-state index in [1.165, 1.54) is 0 Å². The van der Waals surface area contributed by atoms with Gasteiger partial charge in [-0.1, -0.05) is 12.1 Å². The molecule has 0 radical (unpaired) electrons. The Hall–Kier alpha value is -1.02. The van der Waals surface area contributed by atoms with Crippen LogP contribution in [-0.4, -0.2) is 13.0 Å². The molecule has 1 aliphatic heterocycles. The first-order valence-electron chi connectivity index (χ1n) is 4.96. The molecule has 0 atom stereocenters. The number of alkyl halides is 1. The van der Waals surface area contributed by atoms with Crippen LogP contribution in [0.15, 0.2) is 18.2 Å². The van der Waals surface area contributed by atoms with Gasteiger partial charge in [-0.3, -0.25) is 4.79 Å². The lowest BCUT2D eigenvalue weighted by atomic mass is 9.85. The van der Waals surface area contributed by atoms with Gasteiger partial charge in [0.25, 0.3) is 0 Å². The van der Waals surface area contributed by atoms with Gasteiger partial charge in [-0.25, -0.2) is 0 Å². The van der Waals surface area contributed by atoms with Gasteiger partial charge >= 0.3 is 0 Å². The second-order valence-electron chi connectivity index (χ2n) is 4.47. The number of likely N-dealkylation sites (N-methyl/N-ethyl adjacent to an activating group) is 1. The zero-order valence-electron chi connectivity index (χ0n) is 9.17. The maximum absolute atomic E-state index is 12.0. The molecular formula is C12H14ClNO. The van der Waals surface area contributed by atoms with E-state index >= 15 is 0 Å². The standard InChI is InChI=1S/C12H14ClNO/c1-12(2)9-6-8(7-13)4-5-10(9)14(3)11(12)15/h4-6H,7H2,1-3H3. The van der Waals surface area contributed by atoms with E-state index < -0.39 is 5.41 Å². The van der Waals surface area contributed by atoms with Crippen molar-refractivity contribution in [1.82, 2.24) is 0 Å². The molecule has 2 rings (SSSR count). The second-order valence-corrected chi connectivity index (χ2v) is 4.74. The van der Waals surface area contributed by atoms with Gasteiger partial charge in [0.05, 0.1) is 5.41 Å². The summed E-state index contributed by atoms with van der Waals surface area (Å²) in [6.45, 7) is 3.91. The van der Waals surface area contributed by atoms with Crippen molar-refractivity contribution in [3.63, 3.8) is 0 Å². The highest BCUT2D eigenvalue weighted by Gasteiger charge is 2.41. The predicted molar refractivity (Wildman–Crippen MR) is 62.4 cm³/mol. The van der Waals surface area contributed by atoms with E-state index in [9.17, 15) is 4.79 Å². The molecule has 0 bridgehead atoms. The molecule has 0 aromatic heterocycles. The van der Waals surface area contributed by atoms with E-state index in [4.69, 9.17) is 11.6 Å². The summed E-state index contributed by atoms with van der Waals surface area (Å²) in [5.74, 6) is 0.630. The van der Waals surface area contributed by atoms with Gasteiger partial charge in [-0.2, -0.15) is 0 Å². The summed E-state index contributed by atoms with van der Waals surface area (Å²) in [4.78, 5) is 13.7. The highest BCUT2D eigenvalue weighted by molar-refractivity contribution is 6.17. The van der Waals surface area contributed by atoms with E-state index in [2.05, 4.69) is 0 Å². The fraction of sp³-hybridized carbons (Fsp3) is 0.417. The van der Waals surface area contributed by atoms with Gasteiger partial charge in [-0.15, -0.1) is 11.6 Å². The molecule has 0 saturated carbocycles. The zero-order chi connectivity index (χ0) is 11.2. The number of hydrogen-bond donors (Lipinski definition) is 0. The number of rotatable bonds is 1. The Kier molecular flexibility index (Phi) is 2.27. The average molecular weight is 224 g/mol.